The number of nitrogens with zero attached hydrogens (tertiary/aromatic N) is 1. The summed E-state index contributed by atoms with van der Waals surface area (Å²) in [5.41, 5.74) is 5.20. The Morgan fingerprint density at radius 1 is 1.25 bits per heavy atom. The number of benzene rings is 1. The number of carbonyl (C=O) groups excluding carboxylic acids is 1. The number of nitrogens with one attached hydrogen (secondary N) is 1. The second-order valence-corrected chi connectivity index (χ2v) is 4.91. The van der Waals surface area contributed by atoms with Gasteiger partial charge in [0.2, 0.25) is 0 Å². The maximum absolute atomic E-state index is 11.8. The van der Waals surface area contributed by atoms with Crippen LogP contribution in [-0.2, 0) is 0 Å². The summed E-state index contributed by atoms with van der Waals surface area (Å²) in [6, 6.07) is 9.71. The highest BCUT2D eigenvalue weighted by Gasteiger charge is 2.09. The number of furan rings is 1. The lowest BCUT2D eigenvalue weighted by molar-refractivity contribution is 0.0953. The van der Waals surface area contributed by atoms with E-state index in [2.05, 4.69) is 36.5 Å². The van der Waals surface area contributed by atoms with Crippen molar-refractivity contribution in [2.45, 2.75) is 26.7 Å². The lowest BCUT2D eigenvalue weighted by Gasteiger charge is -2.04. The molecule has 1 aromatic heterocycles. The van der Waals surface area contributed by atoms with Crippen LogP contribution >= 0.6 is 0 Å². The lowest BCUT2D eigenvalue weighted by Crippen LogP contribution is -2.17. The minimum Gasteiger partial charge on any atom is -0.469 e. The van der Waals surface area contributed by atoms with Gasteiger partial charge in [-0.05, 0) is 30.0 Å². The molecule has 4 nitrogen and oxygen atoms in total. The largest absolute Gasteiger partial charge is 0.469 e. The molecule has 0 saturated carbocycles. The summed E-state index contributed by atoms with van der Waals surface area (Å²) in [6.07, 6.45) is 3.11. The third-order valence-electron chi connectivity index (χ3n) is 3.09. The smallest absolute Gasteiger partial charge is 0.274 e. The third kappa shape index (κ3) is 3.35. The molecule has 0 atom stereocenters. The number of hydrogen-bond acceptors (Lipinski definition) is 3. The highest BCUT2D eigenvalue weighted by molar-refractivity contribution is 5.95. The van der Waals surface area contributed by atoms with Crippen LogP contribution in [0.15, 0.2) is 46.1 Å². The van der Waals surface area contributed by atoms with Crippen molar-refractivity contribution < 1.29 is 9.21 Å². The van der Waals surface area contributed by atoms with E-state index >= 15 is 0 Å². The molecule has 1 N–H and O–H groups in total. The summed E-state index contributed by atoms with van der Waals surface area (Å²) < 4.78 is 5.07. The van der Waals surface area contributed by atoms with Crippen molar-refractivity contribution in [1.29, 1.82) is 0 Å². The molecule has 0 aliphatic rings. The average Bonchev–Trinajstić information content (AvgIpc) is 2.85. The van der Waals surface area contributed by atoms with Gasteiger partial charge in [-0.2, -0.15) is 5.10 Å². The van der Waals surface area contributed by atoms with Gasteiger partial charge in [0.15, 0.2) is 0 Å². The zero-order valence-corrected chi connectivity index (χ0v) is 11.9. The number of aryl methyl sites for hydroxylation is 1. The number of rotatable bonds is 4. The summed E-state index contributed by atoms with van der Waals surface area (Å²) in [4.78, 5) is 11.8. The van der Waals surface area contributed by atoms with E-state index in [4.69, 9.17) is 4.42 Å². The van der Waals surface area contributed by atoms with E-state index in [1.54, 1.807) is 19.2 Å². The van der Waals surface area contributed by atoms with Crippen LogP contribution in [0.2, 0.25) is 0 Å². The molecule has 0 saturated heterocycles. The number of hydrogen-bond donors (Lipinski definition) is 1. The Labute approximate surface area is 118 Å². The van der Waals surface area contributed by atoms with Crippen molar-refractivity contribution >= 4 is 12.1 Å². The van der Waals surface area contributed by atoms with E-state index < -0.39 is 0 Å². The molecule has 0 radical (unpaired) electrons. The highest BCUT2D eigenvalue weighted by Crippen LogP contribution is 2.13. The van der Waals surface area contributed by atoms with Crippen LogP contribution in [0.25, 0.3) is 0 Å². The Bertz CT molecular complexity index is 610. The molecule has 2 rings (SSSR count). The molecular weight excluding hydrogens is 252 g/mol. The summed E-state index contributed by atoms with van der Waals surface area (Å²) in [7, 11) is 0. The SMILES string of the molecule is Cc1occc1C(=O)NN=Cc1ccc(C(C)C)cc1. The standard InChI is InChI=1S/C16H18N2O2/c1-11(2)14-6-4-13(5-7-14)10-17-18-16(19)15-8-9-20-12(15)3/h4-11H,1-3H3,(H,18,19). The molecule has 0 unspecified atom stereocenters. The summed E-state index contributed by atoms with van der Waals surface area (Å²) >= 11 is 0. The van der Waals surface area contributed by atoms with E-state index in [1.165, 1.54) is 11.8 Å². The average molecular weight is 270 g/mol. The minimum absolute atomic E-state index is 0.272. The molecule has 20 heavy (non-hydrogen) atoms. The Balaban J connectivity index is 1.96. The van der Waals surface area contributed by atoms with Crippen molar-refractivity contribution in [3.63, 3.8) is 0 Å². The molecule has 0 aliphatic carbocycles. The Morgan fingerprint density at radius 3 is 2.50 bits per heavy atom. The maximum atomic E-state index is 11.8. The van der Waals surface area contributed by atoms with Crippen LogP contribution in [0.1, 0.15) is 47.0 Å². The van der Waals surface area contributed by atoms with Gasteiger partial charge in [0.25, 0.3) is 5.91 Å². The molecule has 2 aromatic rings. The molecule has 4 heteroatoms. The molecule has 0 spiro atoms. The first kappa shape index (κ1) is 14.1. The molecule has 1 amide bonds. The third-order valence-corrected chi connectivity index (χ3v) is 3.09. The van der Waals surface area contributed by atoms with E-state index in [0.29, 0.717) is 17.2 Å². The fourth-order valence-corrected chi connectivity index (χ4v) is 1.81. The molecule has 0 bridgehead atoms. The van der Waals surface area contributed by atoms with E-state index in [9.17, 15) is 4.79 Å². The monoisotopic (exact) mass is 270 g/mol. The van der Waals surface area contributed by atoms with Gasteiger partial charge in [-0.15, -0.1) is 0 Å². The van der Waals surface area contributed by atoms with Crippen LogP contribution in [0.4, 0.5) is 0 Å². The first-order valence-electron chi connectivity index (χ1n) is 6.55. The van der Waals surface area contributed by atoms with Gasteiger partial charge >= 0.3 is 0 Å². The number of carbonyl (C=O) groups is 1. The van der Waals surface area contributed by atoms with Gasteiger partial charge in [-0.25, -0.2) is 5.43 Å². The fourth-order valence-electron chi connectivity index (χ4n) is 1.81. The highest BCUT2D eigenvalue weighted by atomic mass is 16.3. The summed E-state index contributed by atoms with van der Waals surface area (Å²) in [6.45, 7) is 6.04. The maximum Gasteiger partial charge on any atom is 0.274 e. The first-order chi connectivity index (χ1) is 9.58. The van der Waals surface area contributed by atoms with Crippen molar-refractivity contribution in [2.24, 2.45) is 5.10 Å². The zero-order chi connectivity index (χ0) is 14.5. The van der Waals surface area contributed by atoms with Crippen LogP contribution < -0.4 is 5.43 Å². The summed E-state index contributed by atoms with van der Waals surface area (Å²) in [5.74, 6) is 0.815. The van der Waals surface area contributed by atoms with Crippen LogP contribution in [0.5, 0.6) is 0 Å². The number of amides is 1. The fraction of sp³-hybridized carbons (Fsp3) is 0.250. The molecular formula is C16H18N2O2. The van der Waals surface area contributed by atoms with Gasteiger partial charge in [-0.1, -0.05) is 38.1 Å². The lowest BCUT2D eigenvalue weighted by atomic mass is 10.0. The van der Waals surface area contributed by atoms with Crippen molar-refractivity contribution in [3.8, 4) is 0 Å². The predicted molar refractivity (Wildman–Crippen MR) is 79.0 cm³/mol. The topological polar surface area (TPSA) is 54.6 Å². The van der Waals surface area contributed by atoms with Crippen molar-refractivity contribution in [2.75, 3.05) is 0 Å². The molecule has 0 fully saturated rings. The second kappa shape index (κ2) is 6.19. The van der Waals surface area contributed by atoms with Crippen molar-refractivity contribution in [3.05, 3.63) is 59.0 Å². The molecule has 104 valence electrons. The molecule has 1 heterocycles. The number of hydrazone groups is 1. The van der Waals surface area contributed by atoms with Crippen LogP contribution in [0, 0.1) is 6.92 Å². The summed E-state index contributed by atoms with van der Waals surface area (Å²) in [5, 5.41) is 3.95. The van der Waals surface area contributed by atoms with E-state index in [-0.39, 0.29) is 5.91 Å². The normalized spacial score (nSPS) is 11.2. The quantitative estimate of drug-likeness (QED) is 0.683. The first-order valence-corrected chi connectivity index (χ1v) is 6.55. The Kier molecular flexibility index (Phi) is 4.35. The van der Waals surface area contributed by atoms with Gasteiger partial charge < -0.3 is 4.42 Å². The Hall–Kier alpha value is -2.36. The van der Waals surface area contributed by atoms with Crippen molar-refractivity contribution in [1.82, 2.24) is 5.43 Å². The van der Waals surface area contributed by atoms with Gasteiger partial charge in [-0.3, -0.25) is 4.79 Å². The van der Waals surface area contributed by atoms with Gasteiger partial charge in [0.1, 0.15) is 5.76 Å². The molecule has 1 aromatic carbocycles. The van der Waals surface area contributed by atoms with Crippen LogP contribution in [-0.4, -0.2) is 12.1 Å². The second-order valence-electron chi connectivity index (χ2n) is 4.91. The van der Waals surface area contributed by atoms with E-state index in [0.717, 1.165) is 5.56 Å². The molecule has 0 aliphatic heterocycles. The van der Waals surface area contributed by atoms with Crippen LogP contribution in [0.3, 0.4) is 0 Å². The van der Waals surface area contributed by atoms with Gasteiger partial charge in [0.05, 0.1) is 18.0 Å². The van der Waals surface area contributed by atoms with Gasteiger partial charge in [0, 0.05) is 0 Å². The predicted octanol–water partition coefficient (Wildman–Crippen LogP) is 3.48. The van der Waals surface area contributed by atoms with E-state index in [1.807, 2.05) is 12.1 Å². The zero-order valence-electron chi connectivity index (χ0n) is 11.9. The minimum atomic E-state index is -0.272. The Morgan fingerprint density at radius 2 is 1.95 bits per heavy atom.